The summed E-state index contributed by atoms with van der Waals surface area (Å²) in [6, 6.07) is 3.39. The van der Waals surface area contributed by atoms with Crippen LogP contribution < -0.4 is 5.46 Å². The topological polar surface area (TPSA) is 40.5 Å². The summed E-state index contributed by atoms with van der Waals surface area (Å²) >= 11 is 0. The van der Waals surface area contributed by atoms with Crippen molar-refractivity contribution in [2.75, 3.05) is 0 Å². The third-order valence-corrected chi connectivity index (χ3v) is 3.43. The Morgan fingerprint density at radius 1 is 1.06 bits per heavy atom. The van der Waals surface area contributed by atoms with Gasteiger partial charge < -0.3 is 10.0 Å². The smallest absolute Gasteiger partial charge is 0.423 e. The van der Waals surface area contributed by atoms with Crippen molar-refractivity contribution >= 4 is 12.6 Å². The van der Waals surface area contributed by atoms with E-state index in [2.05, 4.69) is 0 Å². The Bertz CT molecular complexity index is 426. The average Bonchev–Trinajstić information content (AvgIpc) is 2.80. The molecule has 0 saturated heterocycles. The van der Waals surface area contributed by atoms with Gasteiger partial charge in [0.2, 0.25) is 0 Å². The third-order valence-electron chi connectivity index (χ3n) is 3.43. The van der Waals surface area contributed by atoms with Gasteiger partial charge in [-0.15, -0.1) is 0 Å². The molecule has 1 aliphatic rings. The monoisotopic (exact) mass is 258 g/mol. The first-order valence-electron chi connectivity index (χ1n) is 5.96. The highest BCUT2D eigenvalue weighted by Crippen LogP contribution is 2.36. The van der Waals surface area contributed by atoms with Crippen LogP contribution in [0.4, 0.5) is 13.2 Å². The highest BCUT2D eigenvalue weighted by molar-refractivity contribution is 6.58. The second-order valence-corrected chi connectivity index (χ2v) is 4.74. The van der Waals surface area contributed by atoms with E-state index in [1.807, 2.05) is 0 Å². The van der Waals surface area contributed by atoms with Gasteiger partial charge in [-0.05, 0) is 35.9 Å². The van der Waals surface area contributed by atoms with E-state index in [1.165, 1.54) is 6.07 Å². The van der Waals surface area contributed by atoms with Crippen molar-refractivity contribution < 1.29 is 23.2 Å². The van der Waals surface area contributed by atoms with E-state index in [-0.39, 0.29) is 11.4 Å². The zero-order valence-electron chi connectivity index (χ0n) is 9.74. The quantitative estimate of drug-likeness (QED) is 0.797. The van der Waals surface area contributed by atoms with Crippen LogP contribution in [0.2, 0.25) is 0 Å². The van der Waals surface area contributed by atoms with Crippen LogP contribution in [0.5, 0.6) is 0 Å². The van der Waals surface area contributed by atoms with Gasteiger partial charge in [-0.1, -0.05) is 25.0 Å². The molecule has 0 radical (unpaired) electrons. The van der Waals surface area contributed by atoms with Crippen LogP contribution in [0.15, 0.2) is 18.2 Å². The summed E-state index contributed by atoms with van der Waals surface area (Å²) in [7, 11) is -1.87. The van der Waals surface area contributed by atoms with Crippen molar-refractivity contribution in [2.24, 2.45) is 0 Å². The summed E-state index contributed by atoms with van der Waals surface area (Å²) in [5, 5.41) is 18.1. The molecule has 0 spiro atoms. The molecule has 0 aliphatic heterocycles. The van der Waals surface area contributed by atoms with Crippen molar-refractivity contribution in [1.29, 1.82) is 0 Å². The molecule has 2 N–H and O–H groups in total. The molecular weight excluding hydrogens is 244 g/mol. The van der Waals surface area contributed by atoms with E-state index in [0.29, 0.717) is 5.56 Å². The summed E-state index contributed by atoms with van der Waals surface area (Å²) in [4.78, 5) is 0. The molecule has 0 unspecified atom stereocenters. The first kappa shape index (κ1) is 13.4. The van der Waals surface area contributed by atoms with Crippen LogP contribution in [0.3, 0.4) is 0 Å². The molecule has 0 atom stereocenters. The molecule has 2 rings (SSSR count). The Labute approximate surface area is 104 Å². The first-order valence-corrected chi connectivity index (χ1v) is 5.96. The minimum Gasteiger partial charge on any atom is -0.423 e. The lowest BCUT2D eigenvalue weighted by Gasteiger charge is -2.15. The van der Waals surface area contributed by atoms with Crippen LogP contribution in [-0.4, -0.2) is 17.2 Å². The zero-order chi connectivity index (χ0) is 13.3. The third kappa shape index (κ3) is 2.87. The summed E-state index contributed by atoms with van der Waals surface area (Å²) in [5.41, 5.74) is -0.341. The zero-order valence-corrected chi connectivity index (χ0v) is 9.74. The van der Waals surface area contributed by atoms with Gasteiger partial charge in [-0.2, -0.15) is 13.2 Å². The molecule has 6 heteroatoms. The van der Waals surface area contributed by atoms with Gasteiger partial charge in [0.15, 0.2) is 0 Å². The molecule has 1 aliphatic carbocycles. The lowest BCUT2D eigenvalue weighted by Crippen LogP contribution is -2.31. The minimum absolute atomic E-state index is 0.0910. The predicted octanol–water partition coefficient (Wildman–Crippen LogP) is 2.04. The van der Waals surface area contributed by atoms with E-state index in [0.717, 1.165) is 37.8 Å². The SMILES string of the molecule is OB(O)c1cc(C2CCCC2)cc(C(F)(F)F)c1. The minimum atomic E-state index is -4.46. The Balaban J connectivity index is 2.42. The van der Waals surface area contributed by atoms with Crippen molar-refractivity contribution in [3.8, 4) is 0 Å². The van der Waals surface area contributed by atoms with Crippen molar-refractivity contribution in [2.45, 2.75) is 37.8 Å². The van der Waals surface area contributed by atoms with Gasteiger partial charge >= 0.3 is 13.3 Å². The van der Waals surface area contributed by atoms with Crippen LogP contribution in [0, 0.1) is 0 Å². The predicted molar refractivity (Wildman–Crippen MR) is 62.5 cm³/mol. The highest BCUT2D eigenvalue weighted by atomic mass is 19.4. The van der Waals surface area contributed by atoms with Crippen LogP contribution in [0.25, 0.3) is 0 Å². The molecule has 1 aromatic carbocycles. The summed E-state index contributed by atoms with van der Waals surface area (Å²) < 4.78 is 38.2. The number of hydrogen-bond acceptors (Lipinski definition) is 2. The fraction of sp³-hybridized carbons (Fsp3) is 0.500. The summed E-state index contributed by atoms with van der Waals surface area (Å²) in [6.07, 6.45) is -0.710. The second kappa shape index (κ2) is 4.94. The molecule has 98 valence electrons. The average molecular weight is 258 g/mol. The normalized spacial score (nSPS) is 17.2. The number of benzene rings is 1. The molecule has 0 aromatic heterocycles. The molecule has 1 fully saturated rings. The number of rotatable bonds is 2. The fourth-order valence-corrected chi connectivity index (χ4v) is 2.48. The molecule has 18 heavy (non-hydrogen) atoms. The molecule has 0 heterocycles. The number of hydrogen-bond donors (Lipinski definition) is 2. The maximum Gasteiger partial charge on any atom is 0.488 e. The van der Waals surface area contributed by atoms with Crippen LogP contribution in [0.1, 0.15) is 42.7 Å². The van der Waals surface area contributed by atoms with E-state index in [1.54, 1.807) is 0 Å². The standard InChI is InChI=1S/C12H14BF3O2/c14-12(15,16)10-5-9(8-3-1-2-4-8)6-11(7-10)13(17)18/h5-8,17-18H,1-4H2. The maximum absolute atomic E-state index is 12.7. The van der Waals surface area contributed by atoms with E-state index in [4.69, 9.17) is 10.0 Å². The van der Waals surface area contributed by atoms with E-state index in [9.17, 15) is 13.2 Å². The lowest BCUT2D eigenvalue weighted by molar-refractivity contribution is -0.137. The first-order chi connectivity index (χ1) is 8.38. The van der Waals surface area contributed by atoms with Crippen LogP contribution >= 0.6 is 0 Å². The fourth-order valence-electron chi connectivity index (χ4n) is 2.48. The van der Waals surface area contributed by atoms with Gasteiger partial charge in [-0.3, -0.25) is 0 Å². The van der Waals surface area contributed by atoms with Gasteiger partial charge in [0, 0.05) is 0 Å². The summed E-state index contributed by atoms with van der Waals surface area (Å²) in [5.74, 6) is 0.102. The maximum atomic E-state index is 12.7. The van der Waals surface area contributed by atoms with Gasteiger partial charge in [0.05, 0.1) is 5.56 Å². The Morgan fingerprint density at radius 3 is 2.17 bits per heavy atom. The van der Waals surface area contributed by atoms with E-state index >= 15 is 0 Å². The molecular formula is C12H14BF3O2. The van der Waals surface area contributed by atoms with Gasteiger partial charge in [0.25, 0.3) is 0 Å². The van der Waals surface area contributed by atoms with Gasteiger partial charge in [0.1, 0.15) is 0 Å². The van der Waals surface area contributed by atoms with Crippen molar-refractivity contribution in [3.63, 3.8) is 0 Å². The van der Waals surface area contributed by atoms with E-state index < -0.39 is 18.9 Å². The Hall–Kier alpha value is -1.01. The second-order valence-electron chi connectivity index (χ2n) is 4.74. The molecule has 1 aromatic rings. The molecule has 0 amide bonds. The molecule has 2 nitrogen and oxygen atoms in total. The largest absolute Gasteiger partial charge is 0.488 e. The molecule has 1 saturated carbocycles. The Morgan fingerprint density at radius 2 is 1.67 bits per heavy atom. The Kier molecular flexibility index (Phi) is 3.68. The highest BCUT2D eigenvalue weighted by Gasteiger charge is 2.33. The van der Waals surface area contributed by atoms with Gasteiger partial charge in [-0.25, -0.2) is 0 Å². The van der Waals surface area contributed by atoms with Crippen LogP contribution in [-0.2, 0) is 6.18 Å². The molecule has 0 bridgehead atoms. The van der Waals surface area contributed by atoms with Crippen molar-refractivity contribution in [1.82, 2.24) is 0 Å². The lowest BCUT2D eigenvalue weighted by atomic mass is 9.77. The number of halogens is 3. The van der Waals surface area contributed by atoms with Crippen molar-refractivity contribution in [3.05, 3.63) is 29.3 Å². The summed E-state index contributed by atoms with van der Waals surface area (Å²) in [6.45, 7) is 0. The number of alkyl halides is 3.